The van der Waals surface area contributed by atoms with E-state index in [1.54, 1.807) is 0 Å². The highest BCUT2D eigenvalue weighted by atomic mass is 79.9. The lowest BCUT2D eigenvalue weighted by atomic mass is 9.49. The van der Waals surface area contributed by atoms with Crippen molar-refractivity contribution in [1.82, 2.24) is 0 Å². The Balaban J connectivity index is 1.33. The second kappa shape index (κ2) is 5.67. The summed E-state index contributed by atoms with van der Waals surface area (Å²) in [6.07, 6.45) is 9.63. The number of carbonyl (C=O) groups is 1. The van der Waals surface area contributed by atoms with Crippen molar-refractivity contribution < 1.29 is 9.53 Å². The molecule has 1 aromatic rings. The molecule has 0 amide bonds. The molecular weight excluding hydrogens is 340 g/mol. The van der Waals surface area contributed by atoms with Gasteiger partial charge in [-0.3, -0.25) is 0 Å². The summed E-state index contributed by atoms with van der Waals surface area (Å²) in [7, 11) is 0. The highest BCUT2D eigenvalue weighted by Gasteiger charge is 2.50. The van der Waals surface area contributed by atoms with E-state index in [0.29, 0.717) is 17.6 Å². The molecule has 3 heteroatoms. The molecule has 4 fully saturated rings. The molecule has 0 radical (unpaired) electrons. The molecule has 4 aliphatic carbocycles. The maximum atomic E-state index is 12.1. The number of rotatable bonds is 4. The van der Waals surface area contributed by atoms with Gasteiger partial charge in [0.1, 0.15) is 0 Å². The van der Waals surface area contributed by atoms with Gasteiger partial charge in [-0.1, -0.05) is 15.9 Å². The number of hydrogen-bond acceptors (Lipinski definition) is 2. The van der Waals surface area contributed by atoms with E-state index < -0.39 is 0 Å². The Morgan fingerprint density at radius 3 is 2.14 bits per heavy atom. The van der Waals surface area contributed by atoms with Gasteiger partial charge in [-0.05, 0) is 92.4 Å². The van der Waals surface area contributed by atoms with E-state index in [2.05, 4.69) is 15.9 Å². The maximum absolute atomic E-state index is 12.1. The van der Waals surface area contributed by atoms with Gasteiger partial charge in [0.15, 0.2) is 0 Å². The number of carbonyl (C=O) groups excluding carboxylic acids is 1. The van der Waals surface area contributed by atoms with E-state index in [1.165, 1.54) is 38.5 Å². The van der Waals surface area contributed by atoms with Crippen molar-refractivity contribution in [3.63, 3.8) is 0 Å². The minimum Gasteiger partial charge on any atom is -0.462 e. The fourth-order valence-corrected chi connectivity index (χ4v) is 5.89. The molecule has 22 heavy (non-hydrogen) atoms. The quantitative estimate of drug-likeness (QED) is 0.687. The summed E-state index contributed by atoms with van der Waals surface area (Å²) in [6.45, 7) is 0.584. The van der Waals surface area contributed by atoms with Crippen LogP contribution in [0.3, 0.4) is 0 Å². The maximum Gasteiger partial charge on any atom is 0.338 e. The van der Waals surface area contributed by atoms with Crippen molar-refractivity contribution >= 4 is 21.9 Å². The number of ether oxygens (including phenoxy) is 1. The van der Waals surface area contributed by atoms with Gasteiger partial charge in [-0.15, -0.1) is 0 Å². The Kier molecular flexibility index (Phi) is 3.80. The fourth-order valence-electron chi connectivity index (χ4n) is 5.63. The summed E-state index contributed by atoms with van der Waals surface area (Å²) >= 11 is 3.39. The fraction of sp³-hybridized carbons (Fsp3) is 0.632. The monoisotopic (exact) mass is 362 g/mol. The first kappa shape index (κ1) is 14.7. The van der Waals surface area contributed by atoms with Crippen LogP contribution in [0.5, 0.6) is 0 Å². The van der Waals surface area contributed by atoms with Gasteiger partial charge >= 0.3 is 5.97 Å². The molecule has 5 rings (SSSR count). The van der Waals surface area contributed by atoms with Crippen molar-refractivity contribution in [2.45, 2.75) is 44.9 Å². The molecule has 0 unspecified atom stereocenters. The smallest absolute Gasteiger partial charge is 0.338 e. The first-order valence-corrected chi connectivity index (χ1v) is 9.34. The van der Waals surface area contributed by atoms with Crippen molar-refractivity contribution in [3.05, 3.63) is 34.3 Å². The molecule has 4 aliphatic rings. The Labute approximate surface area is 140 Å². The zero-order valence-electron chi connectivity index (χ0n) is 12.9. The predicted molar refractivity (Wildman–Crippen MR) is 89.6 cm³/mol. The van der Waals surface area contributed by atoms with Crippen molar-refractivity contribution in [3.8, 4) is 0 Å². The number of halogens is 1. The van der Waals surface area contributed by atoms with Gasteiger partial charge in [-0.2, -0.15) is 0 Å². The minimum atomic E-state index is -0.183. The van der Waals surface area contributed by atoms with Crippen molar-refractivity contribution in [2.24, 2.45) is 23.2 Å². The van der Waals surface area contributed by atoms with Crippen LogP contribution in [0.4, 0.5) is 0 Å². The van der Waals surface area contributed by atoms with Crippen molar-refractivity contribution in [1.29, 1.82) is 0 Å². The molecule has 0 N–H and O–H groups in total. The molecule has 0 atom stereocenters. The topological polar surface area (TPSA) is 26.3 Å². The second-order valence-electron chi connectivity index (χ2n) is 7.81. The van der Waals surface area contributed by atoms with Gasteiger partial charge in [0.2, 0.25) is 0 Å². The molecule has 0 heterocycles. The second-order valence-corrected chi connectivity index (χ2v) is 8.73. The van der Waals surface area contributed by atoms with Crippen LogP contribution in [0.2, 0.25) is 0 Å². The van der Waals surface area contributed by atoms with Crippen LogP contribution in [-0.4, -0.2) is 12.6 Å². The van der Waals surface area contributed by atoms with Crippen LogP contribution < -0.4 is 0 Å². The van der Waals surface area contributed by atoms with Gasteiger partial charge in [-0.25, -0.2) is 4.79 Å². The lowest BCUT2D eigenvalue weighted by Gasteiger charge is -2.57. The molecule has 4 saturated carbocycles. The van der Waals surface area contributed by atoms with Gasteiger partial charge in [0, 0.05) is 4.47 Å². The van der Waals surface area contributed by atoms with E-state index in [9.17, 15) is 4.79 Å². The van der Waals surface area contributed by atoms with Crippen LogP contribution in [0.15, 0.2) is 28.7 Å². The van der Waals surface area contributed by atoms with Crippen LogP contribution in [-0.2, 0) is 4.74 Å². The third-order valence-electron chi connectivity index (χ3n) is 6.11. The zero-order valence-corrected chi connectivity index (χ0v) is 14.5. The van der Waals surface area contributed by atoms with Gasteiger partial charge < -0.3 is 4.74 Å². The van der Waals surface area contributed by atoms with Crippen LogP contribution in [0.25, 0.3) is 0 Å². The first-order chi connectivity index (χ1) is 10.6. The summed E-state index contributed by atoms with van der Waals surface area (Å²) in [4.78, 5) is 12.1. The Morgan fingerprint density at radius 2 is 1.59 bits per heavy atom. The largest absolute Gasteiger partial charge is 0.462 e. The summed E-state index contributed by atoms with van der Waals surface area (Å²) < 4.78 is 6.54. The molecule has 118 valence electrons. The molecule has 1 aromatic carbocycles. The van der Waals surface area contributed by atoms with Crippen LogP contribution in [0.1, 0.15) is 55.3 Å². The highest BCUT2D eigenvalue weighted by Crippen LogP contribution is 2.61. The first-order valence-electron chi connectivity index (χ1n) is 8.55. The van der Waals surface area contributed by atoms with E-state index in [-0.39, 0.29) is 5.97 Å². The lowest BCUT2D eigenvalue weighted by Crippen LogP contribution is -2.46. The Hall–Kier alpha value is -0.830. The zero-order chi connectivity index (χ0) is 15.2. The number of esters is 1. The normalized spacial score (nSPS) is 35.6. The Morgan fingerprint density at radius 1 is 1.05 bits per heavy atom. The summed E-state index contributed by atoms with van der Waals surface area (Å²) in [6, 6.07) is 7.40. The number of benzene rings is 1. The molecule has 0 aliphatic heterocycles. The highest BCUT2D eigenvalue weighted by molar-refractivity contribution is 9.10. The lowest BCUT2D eigenvalue weighted by molar-refractivity contribution is -0.0653. The standard InChI is InChI=1S/C19H23BrO2/c20-17-3-1-16(2-4-17)18(21)22-6-5-19-10-13-7-14(11-19)9-15(8-13)12-19/h1-4,13-15H,5-12H2. The molecular formula is C19H23BrO2. The van der Waals surface area contributed by atoms with E-state index >= 15 is 0 Å². The third-order valence-corrected chi connectivity index (χ3v) is 6.64. The third kappa shape index (κ3) is 2.84. The molecule has 0 saturated heterocycles. The molecule has 4 bridgehead atoms. The summed E-state index contributed by atoms with van der Waals surface area (Å²) in [5.41, 5.74) is 1.14. The van der Waals surface area contributed by atoms with Crippen LogP contribution >= 0.6 is 15.9 Å². The molecule has 2 nitrogen and oxygen atoms in total. The average molecular weight is 363 g/mol. The Bertz CT molecular complexity index is 528. The van der Waals surface area contributed by atoms with Gasteiger partial charge in [0.05, 0.1) is 12.2 Å². The van der Waals surface area contributed by atoms with E-state index in [0.717, 1.165) is 28.6 Å². The van der Waals surface area contributed by atoms with E-state index in [1.807, 2.05) is 24.3 Å². The SMILES string of the molecule is O=C(OCCC12CC3CC(CC(C3)C1)C2)c1ccc(Br)cc1. The minimum absolute atomic E-state index is 0.183. The average Bonchev–Trinajstić information content (AvgIpc) is 2.46. The predicted octanol–water partition coefficient (Wildman–Crippen LogP) is 5.21. The molecule has 0 aromatic heterocycles. The van der Waals surface area contributed by atoms with E-state index in [4.69, 9.17) is 4.74 Å². The van der Waals surface area contributed by atoms with Crippen LogP contribution in [0, 0.1) is 23.2 Å². The summed E-state index contributed by atoms with van der Waals surface area (Å²) in [5.74, 6) is 2.72. The summed E-state index contributed by atoms with van der Waals surface area (Å²) in [5, 5.41) is 0. The van der Waals surface area contributed by atoms with Gasteiger partial charge in [0.25, 0.3) is 0 Å². The molecule has 0 spiro atoms. The van der Waals surface area contributed by atoms with Crippen molar-refractivity contribution in [2.75, 3.05) is 6.61 Å². The number of hydrogen-bond donors (Lipinski definition) is 0.